The van der Waals surface area contributed by atoms with E-state index in [0.717, 1.165) is 0 Å². The van der Waals surface area contributed by atoms with E-state index in [2.05, 4.69) is 15.0 Å². The van der Waals surface area contributed by atoms with Crippen LogP contribution in [-0.2, 0) is 4.74 Å². The summed E-state index contributed by atoms with van der Waals surface area (Å²) < 4.78 is 7.08. The van der Waals surface area contributed by atoms with Crippen LogP contribution in [-0.4, -0.2) is 58.8 Å². The number of hydrogen-bond donors (Lipinski definition) is 4. The minimum Gasteiger partial charge on any atom is -0.388 e. The molecular formula is C12H17N5O4. The normalized spacial score (nSPS) is 30.1. The van der Waals surface area contributed by atoms with Crippen LogP contribution in [0.15, 0.2) is 12.7 Å². The van der Waals surface area contributed by atoms with Crippen molar-refractivity contribution >= 4 is 17.0 Å². The van der Waals surface area contributed by atoms with Crippen molar-refractivity contribution in [3.8, 4) is 0 Å². The number of nitrogen functional groups attached to an aromatic ring is 1. The van der Waals surface area contributed by atoms with Crippen LogP contribution >= 0.6 is 0 Å². The second kappa shape index (κ2) is 4.60. The van der Waals surface area contributed by atoms with Crippen molar-refractivity contribution in [1.82, 2.24) is 19.5 Å². The molecule has 4 atom stereocenters. The Bertz CT molecular complexity index is 667. The van der Waals surface area contributed by atoms with Crippen LogP contribution in [0.2, 0.25) is 0 Å². The second-order valence-electron chi connectivity index (χ2n) is 5.67. The van der Waals surface area contributed by atoms with Gasteiger partial charge in [0.05, 0.1) is 11.9 Å². The number of nitrogens with two attached hydrogens (primary N) is 1. The monoisotopic (exact) mass is 295 g/mol. The van der Waals surface area contributed by atoms with E-state index in [1.165, 1.54) is 31.1 Å². The van der Waals surface area contributed by atoms with E-state index in [4.69, 9.17) is 10.5 Å². The van der Waals surface area contributed by atoms with Gasteiger partial charge in [-0.1, -0.05) is 0 Å². The summed E-state index contributed by atoms with van der Waals surface area (Å²) in [5.74, 6) is 0.214. The summed E-state index contributed by atoms with van der Waals surface area (Å²) in [6, 6.07) is 0. The van der Waals surface area contributed by atoms with Gasteiger partial charge in [-0.05, 0) is 13.8 Å². The van der Waals surface area contributed by atoms with Crippen LogP contribution in [0.5, 0.6) is 0 Å². The number of fused-ring (bicyclic) bond motifs is 1. The first kappa shape index (κ1) is 14.1. The summed E-state index contributed by atoms with van der Waals surface area (Å²) in [4.78, 5) is 12.0. The van der Waals surface area contributed by atoms with Gasteiger partial charge in [-0.25, -0.2) is 15.0 Å². The first-order valence-corrected chi connectivity index (χ1v) is 6.47. The fourth-order valence-corrected chi connectivity index (χ4v) is 2.53. The van der Waals surface area contributed by atoms with Gasteiger partial charge < -0.3 is 25.8 Å². The third-order valence-electron chi connectivity index (χ3n) is 3.60. The van der Waals surface area contributed by atoms with Gasteiger partial charge in [0.1, 0.15) is 30.2 Å². The van der Waals surface area contributed by atoms with Crippen LogP contribution in [0.4, 0.5) is 5.82 Å². The number of rotatable bonds is 2. The number of aromatic nitrogens is 4. The maximum absolute atomic E-state index is 10.2. The highest BCUT2D eigenvalue weighted by molar-refractivity contribution is 5.81. The van der Waals surface area contributed by atoms with Gasteiger partial charge in [0.2, 0.25) is 0 Å². The molecule has 114 valence electrons. The second-order valence-corrected chi connectivity index (χ2v) is 5.67. The lowest BCUT2D eigenvalue weighted by atomic mass is 9.96. The molecule has 3 rings (SSSR count). The fourth-order valence-electron chi connectivity index (χ4n) is 2.53. The van der Waals surface area contributed by atoms with Gasteiger partial charge >= 0.3 is 0 Å². The summed E-state index contributed by atoms with van der Waals surface area (Å²) in [7, 11) is 0. The number of imidazole rings is 1. The van der Waals surface area contributed by atoms with Crippen molar-refractivity contribution in [2.45, 2.75) is 44.0 Å². The number of hydrogen-bond acceptors (Lipinski definition) is 8. The minimum absolute atomic E-state index is 0.214. The van der Waals surface area contributed by atoms with Gasteiger partial charge in [0.15, 0.2) is 17.7 Å². The molecule has 9 heteroatoms. The topological polar surface area (TPSA) is 140 Å². The summed E-state index contributed by atoms with van der Waals surface area (Å²) in [5, 5.41) is 30.3. The molecule has 0 saturated carbocycles. The lowest BCUT2D eigenvalue weighted by molar-refractivity contribution is -0.122. The SMILES string of the molecule is CC(C)(O)[C@H]1O[C@@H](n2cnc3c(N)ncnc32)[C@H](O)[C@@H]1O. The average Bonchev–Trinajstić information content (AvgIpc) is 2.93. The first-order chi connectivity index (χ1) is 9.80. The predicted molar refractivity (Wildman–Crippen MR) is 72.0 cm³/mol. The molecule has 2 aromatic rings. The zero-order valence-electron chi connectivity index (χ0n) is 11.6. The van der Waals surface area contributed by atoms with Crippen molar-refractivity contribution in [1.29, 1.82) is 0 Å². The molecule has 1 saturated heterocycles. The third kappa shape index (κ3) is 2.14. The molecule has 3 heterocycles. The summed E-state index contributed by atoms with van der Waals surface area (Å²) in [6.07, 6.45) is -1.63. The lowest BCUT2D eigenvalue weighted by Gasteiger charge is -2.27. The van der Waals surface area contributed by atoms with Gasteiger partial charge in [-0.15, -0.1) is 0 Å². The van der Waals surface area contributed by atoms with Crippen molar-refractivity contribution < 1.29 is 20.1 Å². The van der Waals surface area contributed by atoms with Gasteiger partial charge in [0.25, 0.3) is 0 Å². The van der Waals surface area contributed by atoms with Gasteiger partial charge in [0, 0.05) is 0 Å². The first-order valence-electron chi connectivity index (χ1n) is 6.47. The molecule has 0 bridgehead atoms. The molecule has 0 amide bonds. The molecule has 0 unspecified atom stereocenters. The fraction of sp³-hybridized carbons (Fsp3) is 0.583. The van der Waals surface area contributed by atoms with E-state index in [0.29, 0.717) is 11.2 Å². The van der Waals surface area contributed by atoms with E-state index in [-0.39, 0.29) is 5.82 Å². The summed E-state index contributed by atoms with van der Waals surface area (Å²) in [6.45, 7) is 3.00. The van der Waals surface area contributed by atoms with E-state index < -0.39 is 30.1 Å². The maximum atomic E-state index is 10.2. The predicted octanol–water partition coefficient (Wildman–Crippen LogP) is -1.20. The van der Waals surface area contributed by atoms with Crippen LogP contribution in [0.25, 0.3) is 11.2 Å². The summed E-state index contributed by atoms with van der Waals surface area (Å²) in [5.41, 5.74) is 5.17. The minimum atomic E-state index is -1.31. The Morgan fingerprint density at radius 3 is 2.57 bits per heavy atom. The van der Waals surface area contributed by atoms with E-state index in [9.17, 15) is 15.3 Å². The molecule has 0 spiro atoms. The van der Waals surface area contributed by atoms with Crippen LogP contribution in [0.1, 0.15) is 20.1 Å². The summed E-state index contributed by atoms with van der Waals surface area (Å²) >= 11 is 0. The van der Waals surface area contributed by atoms with Crippen LogP contribution in [0, 0.1) is 0 Å². The maximum Gasteiger partial charge on any atom is 0.167 e. The molecule has 0 aliphatic carbocycles. The van der Waals surface area contributed by atoms with Crippen LogP contribution < -0.4 is 5.73 Å². The quantitative estimate of drug-likeness (QED) is 0.541. The molecular weight excluding hydrogens is 278 g/mol. The molecule has 5 N–H and O–H groups in total. The third-order valence-corrected chi connectivity index (χ3v) is 3.60. The highest BCUT2D eigenvalue weighted by atomic mass is 16.6. The average molecular weight is 295 g/mol. The molecule has 21 heavy (non-hydrogen) atoms. The number of ether oxygens (including phenoxy) is 1. The zero-order chi connectivity index (χ0) is 15.4. The number of anilines is 1. The van der Waals surface area contributed by atoms with Crippen molar-refractivity contribution in [2.24, 2.45) is 0 Å². The number of nitrogens with zero attached hydrogens (tertiary/aromatic N) is 4. The Morgan fingerprint density at radius 2 is 1.95 bits per heavy atom. The Balaban J connectivity index is 2.02. The Labute approximate surface area is 120 Å². The standard InChI is InChI=1S/C12H17N5O4/c1-12(2,20)8-6(18)7(19)11(21-8)17-4-16-5-9(13)14-3-15-10(5)17/h3-4,6-8,11,18-20H,1-2H3,(H2,13,14,15)/t6-,7+,8-,11+/m0/s1. The Kier molecular flexibility index (Phi) is 3.10. The van der Waals surface area contributed by atoms with E-state index >= 15 is 0 Å². The van der Waals surface area contributed by atoms with Crippen molar-refractivity contribution in [2.75, 3.05) is 5.73 Å². The highest BCUT2D eigenvalue weighted by Gasteiger charge is 2.50. The molecule has 1 aliphatic rings. The molecule has 1 aliphatic heterocycles. The molecule has 9 nitrogen and oxygen atoms in total. The number of aliphatic hydroxyl groups is 3. The highest BCUT2D eigenvalue weighted by Crippen LogP contribution is 2.36. The Hall–Kier alpha value is -1.81. The largest absolute Gasteiger partial charge is 0.388 e. The Morgan fingerprint density at radius 1 is 1.24 bits per heavy atom. The number of aliphatic hydroxyl groups excluding tert-OH is 2. The molecule has 0 radical (unpaired) electrons. The van der Waals surface area contributed by atoms with Crippen molar-refractivity contribution in [3.63, 3.8) is 0 Å². The molecule has 0 aromatic carbocycles. The van der Waals surface area contributed by atoms with Gasteiger partial charge in [-0.3, -0.25) is 4.57 Å². The van der Waals surface area contributed by atoms with Crippen molar-refractivity contribution in [3.05, 3.63) is 12.7 Å². The molecule has 2 aromatic heterocycles. The van der Waals surface area contributed by atoms with Gasteiger partial charge in [-0.2, -0.15) is 0 Å². The van der Waals surface area contributed by atoms with Crippen LogP contribution in [0.3, 0.4) is 0 Å². The lowest BCUT2D eigenvalue weighted by Crippen LogP contribution is -2.44. The van der Waals surface area contributed by atoms with E-state index in [1.54, 1.807) is 0 Å². The smallest absolute Gasteiger partial charge is 0.167 e. The van der Waals surface area contributed by atoms with E-state index in [1.807, 2.05) is 0 Å². The zero-order valence-corrected chi connectivity index (χ0v) is 11.6. The molecule has 1 fully saturated rings.